The molecule has 16 heavy (non-hydrogen) atoms. The molecule has 86 valence electrons. The molecule has 0 aliphatic heterocycles. The van der Waals surface area contributed by atoms with Crippen molar-refractivity contribution >= 4 is 11.9 Å². The van der Waals surface area contributed by atoms with Crippen LogP contribution in [0.1, 0.15) is 33.2 Å². The summed E-state index contributed by atoms with van der Waals surface area (Å²) >= 11 is 0. The zero-order valence-corrected chi connectivity index (χ0v) is 8.98. The van der Waals surface area contributed by atoms with E-state index in [1.165, 1.54) is 19.1 Å². The van der Waals surface area contributed by atoms with Crippen LogP contribution in [0.3, 0.4) is 0 Å². The number of aromatic hydroxyl groups is 1. The Morgan fingerprint density at radius 1 is 1.31 bits per heavy atom. The van der Waals surface area contributed by atoms with Crippen molar-refractivity contribution in [2.75, 3.05) is 6.61 Å². The summed E-state index contributed by atoms with van der Waals surface area (Å²) in [6, 6.07) is 2.51. The van der Waals surface area contributed by atoms with Crippen molar-refractivity contribution in [1.82, 2.24) is 0 Å². The summed E-state index contributed by atoms with van der Waals surface area (Å²) in [6.07, 6.45) is 0. The average Bonchev–Trinajstić information content (AvgIpc) is 2.21. The van der Waals surface area contributed by atoms with E-state index in [1.54, 1.807) is 6.92 Å². The summed E-state index contributed by atoms with van der Waals surface area (Å²) in [4.78, 5) is 22.1. The van der Waals surface area contributed by atoms with E-state index in [9.17, 15) is 14.7 Å². The Hall–Kier alpha value is -2.04. The second-order valence-electron chi connectivity index (χ2n) is 3.16. The van der Waals surface area contributed by atoms with Crippen molar-refractivity contribution < 1.29 is 24.5 Å². The Bertz CT molecular complexity index is 436. The third-order valence-electron chi connectivity index (χ3n) is 2.16. The second kappa shape index (κ2) is 4.65. The number of hydrogen-bond donors (Lipinski definition) is 2. The van der Waals surface area contributed by atoms with Crippen LogP contribution in [0.2, 0.25) is 0 Å². The molecule has 1 rings (SSSR count). The topological polar surface area (TPSA) is 83.8 Å². The molecular weight excluding hydrogens is 212 g/mol. The molecule has 0 aromatic heterocycles. The number of phenolic OH excluding ortho intramolecular Hbond substituents is 1. The smallest absolute Gasteiger partial charge is 0.341 e. The highest BCUT2D eigenvalue weighted by molar-refractivity contribution is 5.97. The lowest BCUT2D eigenvalue weighted by molar-refractivity contribution is 0.0521. The molecule has 0 heterocycles. The lowest BCUT2D eigenvalue weighted by Crippen LogP contribution is -2.08. The normalized spacial score (nSPS) is 9.88. The van der Waals surface area contributed by atoms with E-state index in [-0.39, 0.29) is 29.0 Å². The molecule has 0 saturated carbocycles. The quantitative estimate of drug-likeness (QED) is 0.761. The van der Waals surface area contributed by atoms with Crippen LogP contribution < -0.4 is 0 Å². The Labute approximate surface area is 92.3 Å². The number of phenols is 1. The summed E-state index contributed by atoms with van der Waals surface area (Å²) in [6.45, 7) is 3.27. The number of ether oxygens (including phenoxy) is 1. The fourth-order valence-electron chi connectivity index (χ4n) is 1.31. The van der Waals surface area contributed by atoms with Crippen LogP contribution in [-0.2, 0) is 4.74 Å². The van der Waals surface area contributed by atoms with Gasteiger partial charge in [-0.2, -0.15) is 0 Å². The number of rotatable bonds is 3. The van der Waals surface area contributed by atoms with E-state index in [0.717, 1.165) is 0 Å². The minimum atomic E-state index is -1.15. The molecule has 2 N–H and O–H groups in total. The van der Waals surface area contributed by atoms with Gasteiger partial charge in [-0.05, 0) is 26.0 Å². The fraction of sp³-hybridized carbons (Fsp3) is 0.273. The van der Waals surface area contributed by atoms with Crippen molar-refractivity contribution in [3.8, 4) is 5.75 Å². The van der Waals surface area contributed by atoms with Gasteiger partial charge in [0.15, 0.2) is 0 Å². The Kier molecular flexibility index (Phi) is 3.50. The lowest BCUT2D eigenvalue weighted by atomic mass is 10.0. The minimum absolute atomic E-state index is 0.0237. The predicted molar refractivity (Wildman–Crippen MR) is 55.8 cm³/mol. The number of carboxylic acid groups (broad SMARTS) is 1. The van der Waals surface area contributed by atoms with Crippen LogP contribution in [0, 0.1) is 6.92 Å². The number of carboxylic acids is 1. The van der Waals surface area contributed by atoms with Crippen LogP contribution in [0.4, 0.5) is 0 Å². The molecule has 0 bridgehead atoms. The first-order valence-corrected chi connectivity index (χ1v) is 4.72. The predicted octanol–water partition coefficient (Wildman–Crippen LogP) is 1.58. The van der Waals surface area contributed by atoms with Crippen molar-refractivity contribution in [3.05, 3.63) is 28.8 Å². The van der Waals surface area contributed by atoms with Gasteiger partial charge in [-0.15, -0.1) is 0 Å². The maximum Gasteiger partial charge on any atom is 0.341 e. The molecule has 1 aromatic carbocycles. The Balaban J connectivity index is 3.21. The monoisotopic (exact) mass is 224 g/mol. The summed E-state index contributed by atoms with van der Waals surface area (Å²) in [7, 11) is 0. The number of esters is 1. The number of benzene rings is 1. The highest BCUT2D eigenvalue weighted by Gasteiger charge is 2.18. The molecule has 0 saturated heterocycles. The highest BCUT2D eigenvalue weighted by Crippen LogP contribution is 2.25. The largest absolute Gasteiger partial charge is 0.507 e. The first kappa shape index (κ1) is 12.0. The molecular formula is C11H12O5. The number of carbonyl (C=O) groups excluding carboxylic acids is 1. The van der Waals surface area contributed by atoms with Crippen molar-refractivity contribution in [2.24, 2.45) is 0 Å². The van der Waals surface area contributed by atoms with Crippen molar-refractivity contribution in [3.63, 3.8) is 0 Å². The van der Waals surface area contributed by atoms with Gasteiger partial charge in [0.25, 0.3) is 0 Å². The zero-order valence-electron chi connectivity index (χ0n) is 8.98. The van der Waals surface area contributed by atoms with Crippen LogP contribution >= 0.6 is 0 Å². The lowest BCUT2D eigenvalue weighted by Gasteiger charge is -2.08. The van der Waals surface area contributed by atoms with Crippen LogP contribution in [-0.4, -0.2) is 28.8 Å². The number of hydrogen-bond acceptors (Lipinski definition) is 4. The molecule has 0 spiro atoms. The maximum absolute atomic E-state index is 11.4. The van der Waals surface area contributed by atoms with Crippen LogP contribution in [0.15, 0.2) is 12.1 Å². The zero-order chi connectivity index (χ0) is 12.3. The third-order valence-corrected chi connectivity index (χ3v) is 2.16. The molecule has 5 nitrogen and oxygen atoms in total. The summed E-state index contributed by atoms with van der Waals surface area (Å²) in [5.41, 5.74) is 0.0907. The fourth-order valence-corrected chi connectivity index (χ4v) is 1.31. The van der Waals surface area contributed by atoms with Gasteiger partial charge in [-0.1, -0.05) is 0 Å². The molecule has 5 heteroatoms. The second-order valence-corrected chi connectivity index (χ2v) is 3.16. The standard InChI is InChI=1S/C11H12O5/c1-3-16-11(15)8-5-4-7(10(13)14)6(2)9(8)12/h4-5,12H,3H2,1-2H3,(H,13,14). The molecule has 1 aromatic rings. The van der Waals surface area contributed by atoms with Gasteiger partial charge in [0.2, 0.25) is 0 Å². The maximum atomic E-state index is 11.4. The van der Waals surface area contributed by atoms with E-state index in [0.29, 0.717) is 0 Å². The number of aromatic carboxylic acids is 1. The first-order valence-electron chi connectivity index (χ1n) is 4.72. The van der Waals surface area contributed by atoms with Crippen molar-refractivity contribution in [1.29, 1.82) is 0 Å². The first-order chi connectivity index (χ1) is 7.49. The van der Waals surface area contributed by atoms with Gasteiger partial charge < -0.3 is 14.9 Å². The molecule has 0 aliphatic carbocycles. The Morgan fingerprint density at radius 2 is 1.88 bits per heavy atom. The van der Waals surface area contributed by atoms with E-state index in [1.807, 2.05) is 0 Å². The van der Waals surface area contributed by atoms with Gasteiger partial charge in [-0.25, -0.2) is 9.59 Å². The van der Waals surface area contributed by atoms with Gasteiger partial charge in [0.05, 0.1) is 12.2 Å². The third kappa shape index (κ3) is 2.13. The average molecular weight is 224 g/mol. The van der Waals surface area contributed by atoms with Crippen molar-refractivity contribution in [2.45, 2.75) is 13.8 Å². The molecule has 0 amide bonds. The molecule has 0 aliphatic rings. The molecule has 0 fully saturated rings. The molecule has 0 unspecified atom stereocenters. The SMILES string of the molecule is CCOC(=O)c1ccc(C(=O)O)c(C)c1O. The van der Waals surface area contributed by atoms with Gasteiger partial charge in [0.1, 0.15) is 11.3 Å². The molecule has 0 radical (unpaired) electrons. The minimum Gasteiger partial charge on any atom is -0.507 e. The Morgan fingerprint density at radius 3 is 2.38 bits per heavy atom. The van der Waals surface area contributed by atoms with E-state index >= 15 is 0 Å². The summed E-state index contributed by atoms with van der Waals surface area (Å²) in [5, 5.41) is 18.5. The van der Waals surface area contributed by atoms with E-state index in [4.69, 9.17) is 9.84 Å². The molecule has 0 atom stereocenters. The van der Waals surface area contributed by atoms with Crippen LogP contribution in [0.25, 0.3) is 0 Å². The van der Waals surface area contributed by atoms with E-state index < -0.39 is 11.9 Å². The number of carbonyl (C=O) groups is 2. The van der Waals surface area contributed by atoms with Gasteiger partial charge in [0, 0.05) is 5.56 Å². The summed E-state index contributed by atoms with van der Waals surface area (Å²) in [5.74, 6) is -2.17. The van der Waals surface area contributed by atoms with Crippen LogP contribution in [0.5, 0.6) is 5.75 Å². The van der Waals surface area contributed by atoms with Gasteiger partial charge in [-0.3, -0.25) is 0 Å². The van der Waals surface area contributed by atoms with E-state index in [2.05, 4.69) is 0 Å². The van der Waals surface area contributed by atoms with Gasteiger partial charge >= 0.3 is 11.9 Å². The summed E-state index contributed by atoms with van der Waals surface area (Å²) < 4.78 is 4.72. The highest BCUT2D eigenvalue weighted by atomic mass is 16.5.